The van der Waals surface area contributed by atoms with Crippen LogP contribution < -0.4 is 16.6 Å². The summed E-state index contributed by atoms with van der Waals surface area (Å²) < 4.78 is 1.21. The molecule has 6 heteroatoms. The number of hydrogen-bond donors (Lipinski definition) is 2. The first kappa shape index (κ1) is 9.24. The van der Waals surface area contributed by atoms with Gasteiger partial charge in [0.2, 0.25) is 0 Å². The third-order valence-corrected chi connectivity index (χ3v) is 1.69. The maximum atomic E-state index is 11.2. The zero-order valence-corrected chi connectivity index (χ0v) is 7.42. The van der Waals surface area contributed by atoms with Crippen LogP contribution in [0.5, 0.6) is 0 Å². The van der Waals surface area contributed by atoms with Gasteiger partial charge in [-0.1, -0.05) is 0 Å². The average Bonchev–Trinajstić information content (AvgIpc) is 2.10. The molecule has 0 aromatic carbocycles. The first-order chi connectivity index (χ1) is 6.11. The fraction of sp³-hybridized carbons (Fsp3) is 0.286. The molecule has 0 amide bonds. The maximum absolute atomic E-state index is 11.2. The van der Waals surface area contributed by atoms with E-state index in [1.54, 1.807) is 7.05 Å². The number of hydrogen-bond acceptors (Lipinski definition) is 4. The summed E-state index contributed by atoms with van der Waals surface area (Å²) in [7, 11) is 3.08. The van der Waals surface area contributed by atoms with E-state index in [9.17, 15) is 9.59 Å². The van der Waals surface area contributed by atoms with Gasteiger partial charge in [0.1, 0.15) is 5.69 Å². The number of nitrogens with zero attached hydrogens (tertiary/aromatic N) is 2. The number of aliphatic imine (C=N–C) groups is 1. The van der Waals surface area contributed by atoms with Gasteiger partial charge in [0, 0.05) is 14.1 Å². The Hall–Kier alpha value is -1.85. The minimum Gasteiger partial charge on any atom is -0.381 e. The molecule has 1 rings (SSSR count). The summed E-state index contributed by atoms with van der Waals surface area (Å²) in [6.07, 6.45) is 0. The van der Waals surface area contributed by atoms with Crippen LogP contribution in [0.25, 0.3) is 0 Å². The smallest absolute Gasteiger partial charge is 0.329 e. The minimum absolute atomic E-state index is 0.233. The van der Waals surface area contributed by atoms with Crippen LogP contribution in [-0.4, -0.2) is 23.3 Å². The quantitative estimate of drug-likeness (QED) is 0.602. The second kappa shape index (κ2) is 3.26. The predicted molar refractivity (Wildman–Crippen MR) is 51.1 cm³/mol. The SMILES string of the molecule is C=Nc1c(NC)c(=O)[nH]c(=O)n1C. The maximum Gasteiger partial charge on any atom is 0.329 e. The first-order valence-electron chi connectivity index (χ1n) is 3.59. The molecule has 1 aromatic heterocycles. The molecule has 13 heavy (non-hydrogen) atoms. The van der Waals surface area contributed by atoms with Gasteiger partial charge in [-0.15, -0.1) is 0 Å². The Morgan fingerprint density at radius 1 is 1.54 bits per heavy atom. The molecule has 0 saturated carbocycles. The van der Waals surface area contributed by atoms with Gasteiger partial charge >= 0.3 is 5.69 Å². The van der Waals surface area contributed by atoms with Crippen molar-refractivity contribution in [2.75, 3.05) is 12.4 Å². The van der Waals surface area contributed by atoms with Crippen molar-refractivity contribution in [1.82, 2.24) is 9.55 Å². The molecule has 0 aliphatic heterocycles. The molecule has 0 aliphatic carbocycles. The van der Waals surface area contributed by atoms with Gasteiger partial charge < -0.3 is 5.32 Å². The predicted octanol–water partition coefficient (Wildman–Crippen LogP) is -0.553. The molecule has 0 fully saturated rings. The number of nitrogens with one attached hydrogen (secondary N) is 2. The lowest BCUT2D eigenvalue weighted by atomic mass is 10.4. The highest BCUT2D eigenvalue weighted by molar-refractivity contribution is 5.61. The van der Waals surface area contributed by atoms with Gasteiger partial charge in [-0.2, -0.15) is 0 Å². The minimum atomic E-state index is -0.508. The zero-order valence-electron chi connectivity index (χ0n) is 7.42. The van der Waals surface area contributed by atoms with Crippen molar-refractivity contribution >= 4 is 18.2 Å². The third kappa shape index (κ3) is 1.37. The monoisotopic (exact) mass is 182 g/mol. The van der Waals surface area contributed by atoms with Gasteiger partial charge in [0.15, 0.2) is 5.82 Å². The molecule has 70 valence electrons. The highest BCUT2D eigenvalue weighted by Crippen LogP contribution is 2.14. The molecule has 0 unspecified atom stereocenters. The van der Waals surface area contributed by atoms with E-state index in [1.807, 2.05) is 0 Å². The fourth-order valence-electron chi connectivity index (χ4n) is 1.02. The normalized spacial score (nSPS) is 9.69. The molecule has 1 heterocycles. The van der Waals surface area contributed by atoms with Crippen molar-refractivity contribution in [2.45, 2.75) is 0 Å². The molecule has 0 spiro atoms. The molecule has 0 aliphatic rings. The van der Waals surface area contributed by atoms with Crippen molar-refractivity contribution in [2.24, 2.45) is 12.0 Å². The summed E-state index contributed by atoms with van der Waals surface area (Å²) in [5.74, 6) is 0.233. The standard InChI is InChI=1S/C7H10N4O2/c1-8-4-5(9-2)11(3)7(13)10-6(4)12/h8H,2H2,1,3H3,(H,10,12,13). The lowest BCUT2D eigenvalue weighted by molar-refractivity contribution is 0.805. The number of aromatic nitrogens is 2. The Morgan fingerprint density at radius 2 is 2.15 bits per heavy atom. The van der Waals surface area contributed by atoms with Gasteiger partial charge in [-0.3, -0.25) is 14.3 Å². The van der Waals surface area contributed by atoms with Crippen molar-refractivity contribution in [3.8, 4) is 0 Å². The van der Waals surface area contributed by atoms with Crippen LogP contribution >= 0.6 is 0 Å². The van der Waals surface area contributed by atoms with Crippen LogP contribution in [0.15, 0.2) is 14.6 Å². The Balaban J connectivity index is 3.71. The van der Waals surface area contributed by atoms with Crippen LogP contribution in [0.3, 0.4) is 0 Å². The van der Waals surface area contributed by atoms with Crippen LogP contribution in [0.1, 0.15) is 0 Å². The van der Waals surface area contributed by atoms with Crippen LogP contribution in [0.2, 0.25) is 0 Å². The Morgan fingerprint density at radius 3 is 2.62 bits per heavy atom. The molecule has 0 saturated heterocycles. The molecule has 6 nitrogen and oxygen atoms in total. The van der Waals surface area contributed by atoms with Gasteiger partial charge in [0.05, 0.1) is 0 Å². The molecule has 0 bridgehead atoms. The number of aromatic amines is 1. The second-order valence-corrected chi connectivity index (χ2v) is 2.43. The van der Waals surface area contributed by atoms with Crippen LogP contribution in [0.4, 0.5) is 11.5 Å². The molecule has 0 radical (unpaired) electrons. The summed E-state index contributed by atoms with van der Waals surface area (Å²) in [5.41, 5.74) is -0.767. The largest absolute Gasteiger partial charge is 0.381 e. The third-order valence-electron chi connectivity index (χ3n) is 1.69. The van der Waals surface area contributed by atoms with E-state index < -0.39 is 11.2 Å². The van der Waals surface area contributed by atoms with Crippen molar-refractivity contribution < 1.29 is 0 Å². The number of rotatable bonds is 2. The molecule has 2 N–H and O–H groups in total. The summed E-state index contributed by atoms with van der Waals surface area (Å²) in [6.45, 7) is 3.28. The van der Waals surface area contributed by atoms with Crippen molar-refractivity contribution in [3.63, 3.8) is 0 Å². The van der Waals surface area contributed by atoms with E-state index in [2.05, 4.69) is 22.0 Å². The first-order valence-corrected chi connectivity index (χ1v) is 3.59. The summed E-state index contributed by atoms with van der Waals surface area (Å²) in [4.78, 5) is 28.0. The van der Waals surface area contributed by atoms with Crippen LogP contribution in [0, 0.1) is 0 Å². The van der Waals surface area contributed by atoms with E-state index in [4.69, 9.17) is 0 Å². The zero-order chi connectivity index (χ0) is 10.0. The molecular weight excluding hydrogens is 172 g/mol. The van der Waals surface area contributed by atoms with Crippen molar-refractivity contribution in [3.05, 3.63) is 20.8 Å². The average molecular weight is 182 g/mol. The second-order valence-electron chi connectivity index (χ2n) is 2.43. The molecule has 0 atom stereocenters. The van der Waals surface area contributed by atoms with E-state index >= 15 is 0 Å². The Bertz CT molecular complexity index is 443. The van der Waals surface area contributed by atoms with Crippen LogP contribution in [-0.2, 0) is 7.05 Å². The van der Waals surface area contributed by atoms with Gasteiger partial charge in [-0.05, 0) is 6.72 Å². The summed E-state index contributed by atoms with van der Waals surface area (Å²) in [5, 5.41) is 2.65. The van der Waals surface area contributed by atoms with Crippen molar-refractivity contribution in [1.29, 1.82) is 0 Å². The molecule has 1 aromatic rings. The van der Waals surface area contributed by atoms with E-state index in [0.29, 0.717) is 0 Å². The Labute approximate surface area is 73.9 Å². The van der Waals surface area contributed by atoms with Gasteiger partial charge in [0.25, 0.3) is 5.56 Å². The lowest BCUT2D eigenvalue weighted by Crippen LogP contribution is -2.29. The molecular formula is C7H10N4O2. The topological polar surface area (TPSA) is 79.2 Å². The van der Waals surface area contributed by atoms with E-state index in [-0.39, 0.29) is 11.5 Å². The number of H-pyrrole nitrogens is 1. The fourth-order valence-corrected chi connectivity index (χ4v) is 1.02. The van der Waals surface area contributed by atoms with E-state index in [0.717, 1.165) is 0 Å². The lowest BCUT2D eigenvalue weighted by Gasteiger charge is -2.06. The van der Waals surface area contributed by atoms with E-state index in [1.165, 1.54) is 11.6 Å². The Kier molecular flexibility index (Phi) is 2.32. The highest BCUT2D eigenvalue weighted by atomic mass is 16.2. The number of anilines is 1. The highest BCUT2D eigenvalue weighted by Gasteiger charge is 2.08. The summed E-state index contributed by atoms with van der Waals surface area (Å²) in [6, 6.07) is 0. The van der Waals surface area contributed by atoms with Gasteiger partial charge in [-0.25, -0.2) is 9.79 Å². The summed E-state index contributed by atoms with van der Waals surface area (Å²) >= 11 is 0.